The van der Waals surface area contributed by atoms with Gasteiger partial charge in [0, 0.05) is 5.56 Å². The average Bonchev–Trinajstić information content (AvgIpc) is 3.09. The monoisotopic (exact) mass is 319 g/mol. The molecule has 0 fully saturated rings. The number of hydrogen-bond acceptors (Lipinski definition) is 4. The van der Waals surface area contributed by atoms with Gasteiger partial charge in [-0.25, -0.2) is 4.98 Å². The fourth-order valence-corrected chi connectivity index (χ4v) is 2.22. The van der Waals surface area contributed by atoms with Crippen LogP contribution in [0, 0.1) is 11.3 Å². The summed E-state index contributed by atoms with van der Waals surface area (Å²) in [5.41, 5.74) is 2.90. The quantitative estimate of drug-likeness (QED) is 0.681. The summed E-state index contributed by atoms with van der Waals surface area (Å²) in [6.45, 7) is -0.167. The summed E-state index contributed by atoms with van der Waals surface area (Å²) in [5, 5.41) is 14.0. The van der Waals surface area contributed by atoms with Crippen molar-refractivity contribution >= 4 is 28.5 Å². The van der Waals surface area contributed by atoms with Crippen molar-refractivity contribution in [3.8, 4) is 6.07 Å². The third-order valence-corrected chi connectivity index (χ3v) is 3.41. The predicted octanol–water partition coefficient (Wildman–Crippen LogP) is 1.80. The Morgan fingerprint density at radius 2 is 1.96 bits per heavy atom. The minimum absolute atomic E-state index is 0.167. The van der Waals surface area contributed by atoms with Gasteiger partial charge < -0.3 is 15.6 Å². The molecule has 7 nitrogen and oxygen atoms in total. The first-order chi connectivity index (χ1) is 11.7. The molecule has 2 aromatic carbocycles. The highest BCUT2D eigenvalue weighted by molar-refractivity contribution is 6.02. The molecule has 0 saturated carbocycles. The molecule has 0 bridgehead atoms. The molecule has 0 atom stereocenters. The lowest BCUT2D eigenvalue weighted by atomic mass is 10.1. The zero-order valence-electron chi connectivity index (χ0n) is 12.5. The lowest BCUT2D eigenvalue weighted by Gasteiger charge is -2.07. The number of aromatic amines is 1. The van der Waals surface area contributed by atoms with Gasteiger partial charge in [-0.05, 0) is 36.4 Å². The van der Waals surface area contributed by atoms with Crippen molar-refractivity contribution in [2.24, 2.45) is 0 Å². The zero-order valence-corrected chi connectivity index (χ0v) is 12.5. The van der Waals surface area contributed by atoms with Crippen molar-refractivity contribution in [1.29, 1.82) is 5.26 Å². The minimum atomic E-state index is -0.382. The number of fused-ring (bicyclic) bond motifs is 1. The van der Waals surface area contributed by atoms with Crippen molar-refractivity contribution in [3.05, 3.63) is 59.9 Å². The van der Waals surface area contributed by atoms with Gasteiger partial charge in [-0.3, -0.25) is 9.59 Å². The van der Waals surface area contributed by atoms with Crippen molar-refractivity contribution in [3.63, 3.8) is 0 Å². The molecule has 0 unspecified atom stereocenters. The summed E-state index contributed by atoms with van der Waals surface area (Å²) >= 11 is 0. The van der Waals surface area contributed by atoms with Crippen LogP contribution in [0.25, 0.3) is 11.0 Å². The number of carbonyl (C=O) groups excluding carboxylic acids is 2. The van der Waals surface area contributed by atoms with Crippen LogP contribution in [-0.4, -0.2) is 28.3 Å². The number of imidazole rings is 1. The zero-order chi connectivity index (χ0) is 16.9. The summed E-state index contributed by atoms with van der Waals surface area (Å²) in [7, 11) is 0. The van der Waals surface area contributed by atoms with Crippen LogP contribution in [0.1, 0.15) is 15.9 Å². The Kier molecular flexibility index (Phi) is 4.21. The maximum atomic E-state index is 12.0. The number of benzene rings is 2. The van der Waals surface area contributed by atoms with Gasteiger partial charge in [-0.1, -0.05) is 6.07 Å². The number of carbonyl (C=O) groups is 2. The van der Waals surface area contributed by atoms with Crippen LogP contribution in [0.2, 0.25) is 0 Å². The summed E-state index contributed by atoms with van der Waals surface area (Å²) in [4.78, 5) is 31.1. The molecule has 2 amide bonds. The molecule has 3 aromatic rings. The third-order valence-electron chi connectivity index (χ3n) is 3.41. The first kappa shape index (κ1) is 15.2. The number of anilines is 1. The minimum Gasteiger partial charge on any atom is -0.345 e. The smallest absolute Gasteiger partial charge is 0.251 e. The summed E-state index contributed by atoms with van der Waals surface area (Å²) in [6.07, 6.45) is 1.55. The number of H-pyrrole nitrogens is 1. The van der Waals surface area contributed by atoms with E-state index in [1.54, 1.807) is 30.6 Å². The van der Waals surface area contributed by atoms with E-state index in [4.69, 9.17) is 5.26 Å². The molecule has 0 aliphatic rings. The lowest BCUT2D eigenvalue weighted by Crippen LogP contribution is -2.32. The van der Waals surface area contributed by atoms with Crippen LogP contribution in [0.5, 0.6) is 0 Å². The van der Waals surface area contributed by atoms with E-state index in [1.165, 1.54) is 12.1 Å². The van der Waals surface area contributed by atoms with Crippen LogP contribution in [0.3, 0.4) is 0 Å². The summed E-state index contributed by atoms with van der Waals surface area (Å²) in [6, 6.07) is 13.5. The van der Waals surface area contributed by atoms with Gasteiger partial charge in [-0.15, -0.1) is 0 Å². The number of para-hydroxylation sites is 1. The first-order valence-corrected chi connectivity index (χ1v) is 7.17. The molecule has 24 heavy (non-hydrogen) atoms. The van der Waals surface area contributed by atoms with E-state index in [9.17, 15) is 9.59 Å². The Morgan fingerprint density at radius 1 is 1.17 bits per heavy atom. The Morgan fingerprint density at radius 3 is 2.71 bits per heavy atom. The SMILES string of the molecule is N#Cc1ccc(C(=O)NCC(=O)Nc2cccc3[nH]cnc23)cc1. The van der Waals surface area contributed by atoms with Crippen molar-refractivity contribution in [2.45, 2.75) is 0 Å². The average molecular weight is 319 g/mol. The Balaban J connectivity index is 1.60. The fraction of sp³-hybridized carbons (Fsp3) is 0.0588. The van der Waals surface area contributed by atoms with Crippen LogP contribution in [0.4, 0.5) is 5.69 Å². The van der Waals surface area contributed by atoms with E-state index < -0.39 is 0 Å². The molecule has 1 aromatic heterocycles. The molecule has 1 heterocycles. The first-order valence-electron chi connectivity index (χ1n) is 7.17. The van der Waals surface area contributed by atoms with Gasteiger partial charge in [-0.2, -0.15) is 5.26 Å². The normalized spacial score (nSPS) is 10.1. The largest absolute Gasteiger partial charge is 0.345 e. The van der Waals surface area contributed by atoms with Gasteiger partial charge in [0.25, 0.3) is 5.91 Å². The van der Waals surface area contributed by atoms with E-state index in [2.05, 4.69) is 20.6 Å². The van der Waals surface area contributed by atoms with Crippen LogP contribution in [0.15, 0.2) is 48.8 Å². The molecule has 0 aliphatic heterocycles. The van der Waals surface area contributed by atoms with Gasteiger partial charge in [0.05, 0.1) is 35.7 Å². The second kappa shape index (κ2) is 6.62. The fourth-order valence-electron chi connectivity index (χ4n) is 2.22. The highest BCUT2D eigenvalue weighted by atomic mass is 16.2. The standard InChI is InChI=1S/C17H13N5O2/c18-8-11-4-6-12(7-5-11)17(24)19-9-15(23)22-14-3-1-2-13-16(14)21-10-20-13/h1-7,10H,9H2,(H,19,24)(H,20,21)(H,22,23). The van der Waals surface area contributed by atoms with Gasteiger partial charge in [0.1, 0.15) is 5.52 Å². The number of nitrogens with zero attached hydrogens (tertiary/aromatic N) is 2. The number of hydrogen-bond donors (Lipinski definition) is 3. The molecular formula is C17H13N5O2. The summed E-state index contributed by atoms with van der Waals surface area (Å²) < 4.78 is 0. The maximum Gasteiger partial charge on any atom is 0.251 e. The molecule has 118 valence electrons. The topological polar surface area (TPSA) is 111 Å². The molecule has 3 N–H and O–H groups in total. The number of nitriles is 1. The van der Waals surface area contributed by atoms with Gasteiger partial charge >= 0.3 is 0 Å². The molecule has 3 rings (SSSR count). The predicted molar refractivity (Wildman–Crippen MR) is 88.2 cm³/mol. The molecule has 0 saturated heterocycles. The van der Waals surface area contributed by atoms with Crippen LogP contribution < -0.4 is 10.6 Å². The second-order valence-corrected chi connectivity index (χ2v) is 5.02. The van der Waals surface area contributed by atoms with E-state index in [0.29, 0.717) is 22.3 Å². The lowest BCUT2D eigenvalue weighted by molar-refractivity contribution is -0.115. The van der Waals surface area contributed by atoms with Crippen LogP contribution in [-0.2, 0) is 4.79 Å². The van der Waals surface area contributed by atoms with E-state index in [0.717, 1.165) is 5.52 Å². The molecule has 0 aliphatic carbocycles. The number of rotatable bonds is 4. The maximum absolute atomic E-state index is 12.0. The summed E-state index contributed by atoms with van der Waals surface area (Å²) in [5.74, 6) is -0.736. The van der Waals surface area contributed by atoms with Crippen molar-refractivity contribution in [2.75, 3.05) is 11.9 Å². The van der Waals surface area contributed by atoms with Crippen molar-refractivity contribution < 1.29 is 9.59 Å². The molecule has 7 heteroatoms. The molecular weight excluding hydrogens is 306 g/mol. The van der Waals surface area contributed by atoms with E-state index in [1.807, 2.05) is 12.1 Å². The number of nitrogens with one attached hydrogen (secondary N) is 3. The number of aromatic nitrogens is 2. The van der Waals surface area contributed by atoms with Gasteiger partial charge in [0.15, 0.2) is 0 Å². The number of amides is 2. The third kappa shape index (κ3) is 3.23. The van der Waals surface area contributed by atoms with E-state index >= 15 is 0 Å². The highest BCUT2D eigenvalue weighted by Gasteiger charge is 2.10. The van der Waals surface area contributed by atoms with Crippen molar-refractivity contribution in [1.82, 2.24) is 15.3 Å². The molecule has 0 spiro atoms. The Hall–Kier alpha value is -3.66. The van der Waals surface area contributed by atoms with Crippen LogP contribution >= 0.6 is 0 Å². The Bertz CT molecular complexity index is 938. The highest BCUT2D eigenvalue weighted by Crippen LogP contribution is 2.19. The second-order valence-electron chi connectivity index (χ2n) is 5.02. The molecule has 0 radical (unpaired) electrons. The van der Waals surface area contributed by atoms with E-state index in [-0.39, 0.29) is 18.4 Å². The Labute approximate surface area is 137 Å². The van der Waals surface area contributed by atoms with Gasteiger partial charge in [0.2, 0.25) is 5.91 Å².